The van der Waals surface area contributed by atoms with E-state index in [1.54, 1.807) is 6.07 Å². The van der Waals surface area contributed by atoms with Gasteiger partial charge in [-0.1, -0.05) is 12.1 Å². The summed E-state index contributed by atoms with van der Waals surface area (Å²) in [5.74, 6) is -0.791. The third-order valence-corrected chi connectivity index (χ3v) is 3.43. The van der Waals surface area contributed by atoms with Crippen molar-refractivity contribution in [2.75, 3.05) is 6.54 Å². The monoisotopic (exact) mass is 304 g/mol. The molecule has 0 radical (unpaired) electrons. The summed E-state index contributed by atoms with van der Waals surface area (Å²) in [6.07, 6.45) is -3.83. The van der Waals surface area contributed by atoms with Gasteiger partial charge in [0.2, 0.25) is 5.91 Å². The summed E-state index contributed by atoms with van der Waals surface area (Å²) in [5.41, 5.74) is 2.90. The molecule has 0 saturated carbocycles. The molecular weight excluding hydrogens is 288 g/mol. The van der Waals surface area contributed by atoms with Gasteiger partial charge >= 0.3 is 6.18 Å². The lowest BCUT2D eigenvalue weighted by molar-refractivity contribution is -0.190. The Kier molecular flexibility index (Phi) is 4.82. The van der Waals surface area contributed by atoms with E-state index in [4.69, 9.17) is 0 Å². The minimum absolute atomic E-state index is 0.0585. The molecule has 1 atom stereocenters. The third-order valence-electron chi connectivity index (χ3n) is 3.43. The van der Waals surface area contributed by atoms with E-state index in [1.807, 2.05) is 0 Å². The first-order chi connectivity index (χ1) is 9.86. The summed E-state index contributed by atoms with van der Waals surface area (Å²) < 4.78 is 52.1. The highest BCUT2D eigenvalue weighted by Gasteiger charge is 2.45. The SMILES string of the molecule is O=C1CCN([C@@H](CCCc2cccc(F)c2)C(F)(F)F)N1. The molecule has 0 bridgehead atoms. The first-order valence-corrected chi connectivity index (χ1v) is 6.73. The van der Waals surface area contributed by atoms with Crippen LogP contribution in [-0.2, 0) is 11.2 Å². The van der Waals surface area contributed by atoms with Crippen LogP contribution >= 0.6 is 0 Å². The number of benzene rings is 1. The Balaban J connectivity index is 1.92. The van der Waals surface area contributed by atoms with Crippen LogP contribution in [0.5, 0.6) is 0 Å². The summed E-state index contributed by atoms with van der Waals surface area (Å²) in [6.45, 7) is 0.0585. The number of amides is 1. The Labute approximate surface area is 119 Å². The van der Waals surface area contributed by atoms with Crippen molar-refractivity contribution in [2.24, 2.45) is 0 Å². The Morgan fingerprint density at radius 2 is 2.10 bits per heavy atom. The molecule has 0 spiro atoms. The molecule has 1 aromatic carbocycles. The predicted octanol–water partition coefficient (Wildman–Crippen LogP) is 2.82. The van der Waals surface area contributed by atoms with Crippen molar-refractivity contribution in [1.82, 2.24) is 10.4 Å². The van der Waals surface area contributed by atoms with E-state index < -0.39 is 23.9 Å². The first kappa shape index (κ1) is 15.8. The molecule has 1 amide bonds. The van der Waals surface area contributed by atoms with Crippen molar-refractivity contribution < 1.29 is 22.4 Å². The summed E-state index contributed by atoms with van der Waals surface area (Å²) >= 11 is 0. The molecule has 0 aromatic heterocycles. The van der Waals surface area contributed by atoms with Crippen molar-refractivity contribution in [1.29, 1.82) is 0 Å². The van der Waals surface area contributed by atoms with Crippen LogP contribution in [0.4, 0.5) is 17.6 Å². The molecule has 7 heteroatoms. The molecule has 1 heterocycles. The number of halogens is 4. The second-order valence-electron chi connectivity index (χ2n) is 5.06. The van der Waals surface area contributed by atoms with Crippen molar-refractivity contribution >= 4 is 5.91 Å². The summed E-state index contributed by atoms with van der Waals surface area (Å²) in [4.78, 5) is 11.1. The molecular formula is C14H16F4N2O. The highest BCUT2D eigenvalue weighted by molar-refractivity contribution is 5.77. The van der Waals surface area contributed by atoms with E-state index in [0.717, 1.165) is 5.01 Å². The highest BCUT2D eigenvalue weighted by Crippen LogP contribution is 2.29. The molecule has 1 N–H and O–H groups in total. The number of hydrogen-bond donors (Lipinski definition) is 1. The standard InChI is InChI=1S/C14H16F4N2O/c15-11-5-1-3-10(9-11)4-2-6-12(14(16,17)18)20-8-7-13(21)19-20/h1,3,5,9,12H,2,4,6-8H2,(H,19,21)/t12-/m0/s1. The van der Waals surface area contributed by atoms with Crippen molar-refractivity contribution in [3.8, 4) is 0 Å². The normalized spacial score (nSPS) is 17.8. The van der Waals surface area contributed by atoms with Crippen LogP contribution in [0, 0.1) is 5.82 Å². The maximum atomic E-state index is 13.0. The van der Waals surface area contributed by atoms with Gasteiger partial charge in [-0.15, -0.1) is 0 Å². The quantitative estimate of drug-likeness (QED) is 0.848. The van der Waals surface area contributed by atoms with Crippen LogP contribution in [-0.4, -0.2) is 29.7 Å². The molecule has 1 aromatic rings. The Morgan fingerprint density at radius 3 is 2.67 bits per heavy atom. The van der Waals surface area contributed by atoms with Crippen LogP contribution in [0.25, 0.3) is 0 Å². The number of nitrogens with zero attached hydrogens (tertiary/aromatic N) is 1. The van der Waals surface area contributed by atoms with Gasteiger partial charge < -0.3 is 0 Å². The van der Waals surface area contributed by atoms with Crippen molar-refractivity contribution in [2.45, 2.75) is 37.9 Å². The van der Waals surface area contributed by atoms with Gasteiger partial charge in [-0.2, -0.15) is 13.2 Å². The number of hydrazine groups is 1. The number of nitrogens with one attached hydrogen (secondary N) is 1. The van der Waals surface area contributed by atoms with E-state index >= 15 is 0 Å². The second kappa shape index (κ2) is 6.43. The van der Waals surface area contributed by atoms with Crippen LogP contribution in [0.15, 0.2) is 24.3 Å². The maximum absolute atomic E-state index is 13.0. The van der Waals surface area contributed by atoms with E-state index in [9.17, 15) is 22.4 Å². The van der Waals surface area contributed by atoms with Gasteiger partial charge in [0, 0.05) is 13.0 Å². The van der Waals surface area contributed by atoms with E-state index in [1.165, 1.54) is 18.2 Å². The van der Waals surface area contributed by atoms with Gasteiger partial charge in [-0.05, 0) is 37.0 Å². The number of rotatable bonds is 5. The van der Waals surface area contributed by atoms with Crippen molar-refractivity contribution in [3.05, 3.63) is 35.6 Å². The van der Waals surface area contributed by atoms with Gasteiger partial charge in [0.25, 0.3) is 0 Å². The molecule has 1 aliphatic rings. The molecule has 116 valence electrons. The molecule has 2 rings (SSSR count). The highest BCUT2D eigenvalue weighted by atomic mass is 19.4. The van der Waals surface area contributed by atoms with Crippen LogP contribution in [0.2, 0.25) is 0 Å². The van der Waals surface area contributed by atoms with Gasteiger partial charge in [0.15, 0.2) is 0 Å². The van der Waals surface area contributed by atoms with Crippen LogP contribution in [0.3, 0.4) is 0 Å². The summed E-state index contributed by atoms with van der Waals surface area (Å²) in [7, 11) is 0. The van der Waals surface area contributed by atoms with Crippen LogP contribution < -0.4 is 5.43 Å². The minimum Gasteiger partial charge on any atom is -0.288 e. The number of carbonyl (C=O) groups excluding carboxylic acids is 1. The first-order valence-electron chi connectivity index (χ1n) is 6.73. The van der Waals surface area contributed by atoms with Crippen LogP contribution in [0.1, 0.15) is 24.8 Å². The van der Waals surface area contributed by atoms with Crippen molar-refractivity contribution in [3.63, 3.8) is 0 Å². The fourth-order valence-corrected chi connectivity index (χ4v) is 2.42. The summed E-state index contributed by atoms with van der Waals surface area (Å²) in [6, 6.07) is 4.13. The molecule has 21 heavy (non-hydrogen) atoms. The number of alkyl halides is 3. The maximum Gasteiger partial charge on any atom is 0.405 e. The Hall–Kier alpha value is -1.63. The number of aryl methyl sites for hydroxylation is 1. The lowest BCUT2D eigenvalue weighted by atomic mass is 10.0. The Bertz CT molecular complexity index is 504. The van der Waals surface area contributed by atoms with E-state index in [2.05, 4.69) is 5.43 Å². The third kappa shape index (κ3) is 4.42. The molecule has 1 fully saturated rings. The lowest BCUT2D eigenvalue weighted by Crippen LogP contribution is -2.49. The van der Waals surface area contributed by atoms with E-state index in [-0.39, 0.29) is 25.8 Å². The lowest BCUT2D eigenvalue weighted by Gasteiger charge is -2.28. The zero-order valence-electron chi connectivity index (χ0n) is 11.3. The molecule has 0 aliphatic carbocycles. The smallest absolute Gasteiger partial charge is 0.288 e. The largest absolute Gasteiger partial charge is 0.405 e. The molecule has 1 aliphatic heterocycles. The fraction of sp³-hybridized carbons (Fsp3) is 0.500. The minimum atomic E-state index is -4.40. The Morgan fingerprint density at radius 1 is 1.33 bits per heavy atom. The average molecular weight is 304 g/mol. The van der Waals surface area contributed by atoms with Gasteiger partial charge in [-0.3, -0.25) is 10.2 Å². The van der Waals surface area contributed by atoms with Gasteiger partial charge in [-0.25, -0.2) is 9.40 Å². The molecule has 1 saturated heterocycles. The average Bonchev–Trinajstić information content (AvgIpc) is 2.79. The second-order valence-corrected chi connectivity index (χ2v) is 5.06. The van der Waals surface area contributed by atoms with Gasteiger partial charge in [0.05, 0.1) is 0 Å². The fourth-order valence-electron chi connectivity index (χ4n) is 2.42. The topological polar surface area (TPSA) is 32.3 Å². The molecule has 3 nitrogen and oxygen atoms in total. The number of carbonyl (C=O) groups is 1. The predicted molar refractivity (Wildman–Crippen MR) is 68.6 cm³/mol. The zero-order valence-corrected chi connectivity index (χ0v) is 11.3. The number of hydrogen-bond acceptors (Lipinski definition) is 2. The van der Waals surface area contributed by atoms with Gasteiger partial charge in [0.1, 0.15) is 11.9 Å². The zero-order chi connectivity index (χ0) is 15.5. The molecule has 0 unspecified atom stereocenters. The summed E-state index contributed by atoms with van der Waals surface area (Å²) in [5, 5.41) is 0.952. The van der Waals surface area contributed by atoms with E-state index in [0.29, 0.717) is 12.0 Å².